The van der Waals surface area contributed by atoms with Gasteiger partial charge in [-0.15, -0.1) is 0 Å². The van der Waals surface area contributed by atoms with Gasteiger partial charge in [-0.2, -0.15) is 0 Å². The van der Waals surface area contributed by atoms with Gasteiger partial charge in [-0.05, 0) is 78.2 Å². The van der Waals surface area contributed by atoms with Gasteiger partial charge < -0.3 is 14.8 Å². The fraction of sp³-hybridized carbons (Fsp3) is 1.00. The molecule has 3 nitrogen and oxygen atoms in total. The fourth-order valence-electron chi connectivity index (χ4n) is 4.64. The van der Waals surface area contributed by atoms with Crippen LogP contribution in [0.2, 0.25) is 0 Å². The van der Waals surface area contributed by atoms with E-state index in [-0.39, 0.29) is 11.2 Å². The van der Waals surface area contributed by atoms with Crippen molar-refractivity contribution in [3.63, 3.8) is 0 Å². The molecule has 0 saturated carbocycles. The van der Waals surface area contributed by atoms with E-state index in [2.05, 4.69) is 39.9 Å². The molecule has 0 radical (unpaired) electrons. The van der Waals surface area contributed by atoms with Crippen molar-refractivity contribution in [2.75, 3.05) is 19.8 Å². The molecule has 2 aliphatic heterocycles. The van der Waals surface area contributed by atoms with E-state index in [0.717, 1.165) is 32.6 Å². The van der Waals surface area contributed by atoms with E-state index in [9.17, 15) is 0 Å². The lowest BCUT2D eigenvalue weighted by atomic mass is 9.68. The van der Waals surface area contributed by atoms with Crippen molar-refractivity contribution < 1.29 is 9.47 Å². The number of hydrogen-bond donors (Lipinski definition) is 1. The molecule has 0 aliphatic carbocycles. The van der Waals surface area contributed by atoms with Gasteiger partial charge in [0.15, 0.2) is 0 Å². The van der Waals surface area contributed by atoms with Gasteiger partial charge in [0.2, 0.25) is 0 Å². The maximum absolute atomic E-state index is 5.99. The van der Waals surface area contributed by atoms with E-state index in [1.807, 2.05) is 0 Å². The summed E-state index contributed by atoms with van der Waals surface area (Å²) in [7, 11) is 0. The summed E-state index contributed by atoms with van der Waals surface area (Å²) in [4.78, 5) is 0. The Bertz CT molecular complexity index is 367. The zero-order chi connectivity index (χ0) is 17.0. The van der Waals surface area contributed by atoms with Crippen molar-refractivity contribution in [1.29, 1.82) is 0 Å². The minimum Gasteiger partial charge on any atom is -0.376 e. The van der Waals surface area contributed by atoms with Gasteiger partial charge in [-0.25, -0.2) is 0 Å². The molecule has 2 heterocycles. The largest absolute Gasteiger partial charge is 0.376 e. The van der Waals surface area contributed by atoms with Gasteiger partial charge in [-0.3, -0.25) is 0 Å². The fourth-order valence-corrected chi connectivity index (χ4v) is 4.64. The maximum atomic E-state index is 5.99. The van der Waals surface area contributed by atoms with E-state index in [1.54, 1.807) is 0 Å². The predicted molar refractivity (Wildman–Crippen MR) is 96.9 cm³/mol. The van der Waals surface area contributed by atoms with Crippen LogP contribution in [-0.4, -0.2) is 37.0 Å². The monoisotopic (exact) mass is 325 g/mol. The average Bonchev–Trinajstić information content (AvgIpc) is 2.43. The molecule has 2 atom stereocenters. The number of unbranched alkanes of at least 4 members (excludes halogenated alkanes) is 1. The second-order valence-corrected chi connectivity index (χ2v) is 9.14. The Morgan fingerprint density at radius 1 is 1.00 bits per heavy atom. The van der Waals surface area contributed by atoms with E-state index in [4.69, 9.17) is 9.47 Å². The summed E-state index contributed by atoms with van der Waals surface area (Å²) in [6, 6.07) is 0.620. The molecular weight excluding hydrogens is 286 g/mol. The van der Waals surface area contributed by atoms with Gasteiger partial charge in [0, 0.05) is 19.3 Å². The lowest BCUT2D eigenvalue weighted by Gasteiger charge is -2.46. The highest BCUT2D eigenvalue weighted by Gasteiger charge is 2.40. The van der Waals surface area contributed by atoms with E-state index in [0.29, 0.717) is 11.5 Å². The molecule has 0 aromatic rings. The van der Waals surface area contributed by atoms with Gasteiger partial charge in [0.25, 0.3) is 0 Å². The molecule has 0 amide bonds. The van der Waals surface area contributed by atoms with Crippen molar-refractivity contribution in [2.45, 2.75) is 103 Å². The van der Waals surface area contributed by atoms with Crippen molar-refractivity contribution >= 4 is 0 Å². The summed E-state index contributed by atoms with van der Waals surface area (Å²) in [5.74, 6) is 0. The smallest absolute Gasteiger partial charge is 0.0641 e. The van der Waals surface area contributed by atoms with Crippen LogP contribution in [0, 0.1) is 5.41 Å². The molecule has 0 spiro atoms. The molecule has 2 rings (SSSR count). The van der Waals surface area contributed by atoms with Crippen LogP contribution in [0.5, 0.6) is 0 Å². The topological polar surface area (TPSA) is 30.5 Å². The summed E-state index contributed by atoms with van der Waals surface area (Å²) >= 11 is 0. The molecular formula is C20H39NO2. The Labute approximate surface area is 143 Å². The van der Waals surface area contributed by atoms with E-state index < -0.39 is 0 Å². The molecule has 2 saturated heterocycles. The number of ether oxygens (including phenoxy) is 2. The molecule has 1 N–H and O–H groups in total. The summed E-state index contributed by atoms with van der Waals surface area (Å²) in [6.07, 6.45) is 10.0. The summed E-state index contributed by atoms with van der Waals surface area (Å²) in [5.41, 5.74) is 0.564. The average molecular weight is 326 g/mol. The maximum Gasteiger partial charge on any atom is 0.0641 e. The summed E-state index contributed by atoms with van der Waals surface area (Å²) < 4.78 is 11.8. The predicted octanol–water partition coefficient (Wildman–Crippen LogP) is 4.69. The second kappa shape index (κ2) is 7.84. The molecule has 3 heteroatoms. The molecule has 136 valence electrons. The highest BCUT2D eigenvalue weighted by atomic mass is 16.5. The highest BCUT2D eigenvalue weighted by Crippen LogP contribution is 2.45. The minimum absolute atomic E-state index is 0.0382. The molecule has 0 aromatic heterocycles. The standard InChI is InChI=1S/C20H39NO2/c1-6-7-9-20(11-14-23-19(4,5)16-20)10-12-21-17-8-13-22-18(2,3)15-17/h17,21H,6-16H2,1-5H3/t17-,20+/m1/s1. The zero-order valence-corrected chi connectivity index (χ0v) is 16.2. The summed E-state index contributed by atoms with van der Waals surface area (Å²) in [6.45, 7) is 14.2. The van der Waals surface area contributed by atoms with Crippen molar-refractivity contribution in [3.8, 4) is 0 Å². The third-order valence-corrected chi connectivity index (χ3v) is 5.77. The summed E-state index contributed by atoms with van der Waals surface area (Å²) in [5, 5.41) is 3.83. The normalized spacial score (nSPS) is 33.5. The van der Waals surface area contributed by atoms with Gasteiger partial charge >= 0.3 is 0 Å². The van der Waals surface area contributed by atoms with Crippen LogP contribution in [0.25, 0.3) is 0 Å². The Hall–Kier alpha value is -0.120. The first-order chi connectivity index (χ1) is 10.8. The Kier molecular flexibility index (Phi) is 6.55. The number of rotatable bonds is 7. The lowest BCUT2D eigenvalue weighted by molar-refractivity contribution is -0.110. The third-order valence-electron chi connectivity index (χ3n) is 5.77. The number of nitrogens with one attached hydrogen (secondary N) is 1. The second-order valence-electron chi connectivity index (χ2n) is 9.14. The first-order valence-corrected chi connectivity index (χ1v) is 9.77. The first-order valence-electron chi connectivity index (χ1n) is 9.77. The molecule has 0 bridgehead atoms. The SMILES string of the molecule is CCCC[C@]1(CCN[C@@H]2CCOC(C)(C)C2)CCOC(C)(C)C1. The number of hydrogen-bond acceptors (Lipinski definition) is 3. The lowest BCUT2D eigenvalue weighted by Crippen LogP contribution is -2.46. The van der Waals surface area contributed by atoms with Crippen LogP contribution in [0.4, 0.5) is 0 Å². The molecule has 0 aromatic carbocycles. The van der Waals surface area contributed by atoms with E-state index in [1.165, 1.54) is 38.5 Å². The van der Waals surface area contributed by atoms with Crippen LogP contribution in [0.15, 0.2) is 0 Å². The highest BCUT2D eigenvalue weighted by molar-refractivity contribution is 4.91. The Morgan fingerprint density at radius 2 is 1.74 bits per heavy atom. The van der Waals surface area contributed by atoms with Gasteiger partial charge in [0.1, 0.15) is 0 Å². The van der Waals surface area contributed by atoms with Crippen LogP contribution < -0.4 is 5.32 Å². The molecule has 23 heavy (non-hydrogen) atoms. The van der Waals surface area contributed by atoms with Crippen LogP contribution in [-0.2, 0) is 9.47 Å². The zero-order valence-electron chi connectivity index (χ0n) is 16.2. The van der Waals surface area contributed by atoms with Crippen molar-refractivity contribution in [1.82, 2.24) is 5.32 Å². The third kappa shape index (κ3) is 6.03. The van der Waals surface area contributed by atoms with Crippen molar-refractivity contribution in [3.05, 3.63) is 0 Å². The Morgan fingerprint density at radius 3 is 2.39 bits per heavy atom. The first kappa shape index (κ1) is 19.2. The quantitative estimate of drug-likeness (QED) is 0.736. The van der Waals surface area contributed by atoms with Gasteiger partial charge in [-0.1, -0.05) is 19.8 Å². The molecule has 2 aliphatic rings. The van der Waals surface area contributed by atoms with Crippen molar-refractivity contribution in [2.24, 2.45) is 5.41 Å². The Balaban J connectivity index is 1.86. The van der Waals surface area contributed by atoms with Crippen LogP contribution in [0.1, 0.15) is 86.0 Å². The van der Waals surface area contributed by atoms with Gasteiger partial charge in [0.05, 0.1) is 11.2 Å². The van der Waals surface area contributed by atoms with Crippen LogP contribution in [0.3, 0.4) is 0 Å². The van der Waals surface area contributed by atoms with Crippen LogP contribution >= 0.6 is 0 Å². The minimum atomic E-state index is 0.0382. The molecule has 0 unspecified atom stereocenters. The van der Waals surface area contributed by atoms with E-state index >= 15 is 0 Å². The molecule has 2 fully saturated rings.